The van der Waals surface area contributed by atoms with E-state index >= 15 is 0 Å². The summed E-state index contributed by atoms with van der Waals surface area (Å²) in [6, 6.07) is 1.30. The van der Waals surface area contributed by atoms with Crippen molar-refractivity contribution in [3.05, 3.63) is 57.9 Å². The number of urea groups is 1. The monoisotopic (exact) mass is 681 g/mol. The number of amides is 3. The van der Waals surface area contributed by atoms with Crippen molar-refractivity contribution < 1.29 is 22.5 Å². The number of rotatable bonds is 14. The molecule has 1 aliphatic heterocycles. The number of allylic oxidation sites excluding steroid dienone is 1. The largest absolute Gasteiger partial charge is 0.352 e. The van der Waals surface area contributed by atoms with Crippen LogP contribution in [0.3, 0.4) is 0 Å². The molecular weight excluding hydrogens is 625 g/mol. The van der Waals surface area contributed by atoms with Crippen molar-refractivity contribution in [1.82, 2.24) is 34.0 Å². The van der Waals surface area contributed by atoms with E-state index in [0.29, 0.717) is 57.4 Å². The molecule has 1 N–H and O–H groups in total. The van der Waals surface area contributed by atoms with E-state index < -0.39 is 10.0 Å². The van der Waals surface area contributed by atoms with Crippen LogP contribution in [0.1, 0.15) is 57.4 Å². The summed E-state index contributed by atoms with van der Waals surface area (Å²) in [7, 11) is 0.0720. The number of piperazine rings is 1. The Morgan fingerprint density at radius 2 is 1.68 bits per heavy atom. The molecule has 0 unspecified atom stereocenters. The summed E-state index contributed by atoms with van der Waals surface area (Å²) in [5.41, 5.74) is -0.128. The van der Waals surface area contributed by atoms with Crippen molar-refractivity contribution in [2.45, 2.75) is 53.1 Å². The lowest BCUT2D eigenvalue weighted by molar-refractivity contribution is -0.0110. The number of nitrogens with zero attached hydrogens (tertiary/aromatic N) is 6. The van der Waals surface area contributed by atoms with E-state index in [1.165, 1.54) is 4.31 Å². The van der Waals surface area contributed by atoms with E-state index in [1.54, 1.807) is 66.6 Å². The minimum absolute atomic E-state index is 0.00543. The molecule has 1 fully saturated rings. The van der Waals surface area contributed by atoms with Gasteiger partial charge in [-0.25, -0.2) is 13.2 Å². The predicted molar refractivity (Wildman–Crippen MR) is 189 cm³/mol. The summed E-state index contributed by atoms with van der Waals surface area (Å²) in [4.78, 5) is 42.3. The van der Waals surface area contributed by atoms with E-state index in [0.717, 1.165) is 16.8 Å². The van der Waals surface area contributed by atoms with Gasteiger partial charge in [-0.15, -0.1) is 16.2 Å². The van der Waals surface area contributed by atoms with Gasteiger partial charge in [0.05, 0.1) is 11.6 Å². The molecule has 0 spiro atoms. The number of carbonyl (C=O) groups excluding carboxylic acids is 2. The maximum atomic E-state index is 13.6. The fourth-order valence-corrected chi connectivity index (χ4v) is 5.68. The van der Waals surface area contributed by atoms with Gasteiger partial charge in [0.15, 0.2) is 0 Å². The summed E-state index contributed by atoms with van der Waals surface area (Å²) in [6.07, 6.45) is 8.85. The Morgan fingerprint density at radius 3 is 2.15 bits per heavy atom. The minimum atomic E-state index is -3.38. The number of nitrogens with one attached hydrogen (secondary N) is 1. The number of carbonyl (C=O) groups is 2. The average Bonchev–Trinajstić information content (AvgIpc) is 3.00. The minimum Gasteiger partial charge on any atom is -0.352 e. The molecule has 1 aromatic heterocycles. The van der Waals surface area contributed by atoms with Crippen LogP contribution in [0.4, 0.5) is 9.28 Å². The second kappa shape index (κ2) is 20.1. The Morgan fingerprint density at radius 1 is 1.06 bits per heavy atom. The molecule has 0 radical (unpaired) electrons. The Bertz CT molecular complexity index is 1480. The second-order valence-electron chi connectivity index (χ2n) is 12.1. The van der Waals surface area contributed by atoms with Gasteiger partial charge < -0.3 is 19.7 Å². The molecule has 266 valence electrons. The summed E-state index contributed by atoms with van der Waals surface area (Å²) < 4.78 is 40.4. The van der Waals surface area contributed by atoms with Gasteiger partial charge in [-0.05, 0) is 58.4 Å². The highest BCUT2D eigenvalue weighted by Gasteiger charge is 2.24. The highest BCUT2D eigenvalue weighted by molar-refractivity contribution is 7.88. The van der Waals surface area contributed by atoms with Crippen LogP contribution in [0, 0.1) is 0 Å². The number of pyridine rings is 1. The molecule has 0 saturated carbocycles. The van der Waals surface area contributed by atoms with Crippen molar-refractivity contribution in [2.24, 2.45) is 0 Å². The summed E-state index contributed by atoms with van der Waals surface area (Å²) in [5.74, 6) is -0.352. The van der Waals surface area contributed by atoms with E-state index in [4.69, 9.17) is 0 Å². The number of aromatic nitrogens is 1. The second-order valence-corrected chi connectivity index (χ2v) is 14.1. The fraction of sp³-hybridized carbons (Fsp3) is 0.606. The van der Waals surface area contributed by atoms with Gasteiger partial charge in [0.25, 0.3) is 11.5 Å². The Labute approximate surface area is 280 Å². The van der Waals surface area contributed by atoms with Crippen molar-refractivity contribution >= 4 is 34.1 Å². The maximum absolute atomic E-state index is 13.6. The predicted octanol–water partition coefficient (Wildman–Crippen LogP) is 1.64. The van der Waals surface area contributed by atoms with E-state index in [1.807, 2.05) is 26.8 Å². The molecule has 0 aromatic carbocycles. The third kappa shape index (κ3) is 13.4. The van der Waals surface area contributed by atoms with Crippen LogP contribution in [-0.2, 0) is 10.0 Å². The third-order valence-electron chi connectivity index (χ3n) is 7.57. The standard InChI is InChI=1S/C18H24N2O2.C15H32FN5O3S/c1-6-9-11-19-17(21)15-12-14(8-3)16(10-7-2)20(13(4)5)18(15)22;1-14(2)21(16)13-12-20(25(5,23)24)11-8-18-6-9-19(10-7-18)15(22)17(3)4/h6-8,10,12-13H,1-2,9,11H2,3-5H3,(H,19,21);14H,6-13H2,1-5H3/b14-8-,16-10+;. The lowest BCUT2D eigenvalue weighted by Gasteiger charge is -2.36. The fourth-order valence-electron chi connectivity index (χ4n) is 4.85. The molecule has 0 aliphatic carbocycles. The molecule has 1 aliphatic rings. The van der Waals surface area contributed by atoms with Crippen molar-refractivity contribution in [2.75, 3.05) is 79.3 Å². The van der Waals surface area contributed by atoms with Gasteiger partial charge in [0.1, 0.15) is 5.56 Å². The van der Waals surface area contributed by atoms with Gasteiger partial charge in [-0.2, -0.15) is 4.31 Å². The molecule has 0 bridgehead atoms. The van der Waals surface area contributed by atoms with Crippen molar-refractivity contribution in [3.63, 3.8) is 0 Å². The van der Waals surface area contributed by atoms with Crippen molar-refractivity contribution in [3.8, 4) is 0 Å². The molecule has 0 atom stereocenters. The zero-order valence-corrected chi connectivity index (χ0v) is 30.4. The quantitative estimate of drug-likeness (QED) is 0.180. The van der Waals surface area contributed by atoms with Crippen LogP contribution < -0.4 is 21.4 Å². The lowest BCUT2D eigenvalue weighted by atomic mass is 10.1. The highest BCUT2D eigenvalue weighted by Crippen LogP contribution is 2.07. The zero-order valence-electron chi connectivity index (χ0n) is 29.5. The van der Waals surface area contributed by atoms with Crippen LogP contribution in [-0.4, -0.2) is 134 Å². The first kappa shape index (κ1) is 41.7. The van der Waals surface area contributed by atoms with Crippen LogP contribution in [0.15, 0.2) is 36.2 Å². The topological polar surface area (TPSA) is 119 Å². The first-order chi connectivity index (χ1) is 22.0. The van der Waals surface area contributed by atoms with Crippen LogP contribution in [0.2, 0.25) is 0 Å². The number of hydrogen-bond donors (Lipinski definition) is 1. The number of halogens is 1. The Kier molecular flexibility index (Phi) is 17.9. The molecule has 1 saturated heterocycles. The summed E-state index contributed by atoms with van der Waals surface area (Å²) in [5, 5.41) is 4.98. The van der Waals surface area contributed by atoms with Crippen molar-refractivity contribution in [1.29, 1.82) is 0 Å². The maximum Gasteiger partial charge on any atom is 0.319 e. The first-order valence-corrected chi connectivity index (χ1v) is 17.8. The molecule has 2 rings (SSSR count). The smallest absolute Gasteiger partial charge is 0.319 e. The molecule has 1 aromatic rings. The number of sulfonamides is 1. The third-order valence-corrected chi connectivity index (χ3v) is 8.87. The molecule has 2 heterocycles. The summed E-state index contributed by atoms with van der Waals surface area (Å²) >= 11 is 0. The molecule has 47 heavy (non-hydrogen) atoms. The average molecular weight is 682 g/mol. The van der Waals surface area contributed by atoms with Gasteiger partial charge in [-0.3, -0.25) is 14.5 Å². The normalized spacial score (nSPS) is 14.9. The van der Waals surface area contributed by atoms with E-state index in [2.05, 4.69) is 23.4 Å². The Hall–Kier alpha value is -3.33. The molecule has 3 amide bonds. The number of hydrogen-bond acceptors (Lipinski definition) is 7. The molecule has 12 nitrogen and oxygen atoms in total. The van der Waals surface area contributed by atoms with Gasteiger partial charge in [0.2, 0.25) is 10.0 Å². The van der Waals surface area contributed by atoms with Crippen LogP contribution in [0.5, 0.6) is 0 Å². The lowest BCUT2D eigenvalue weighted by Crippen LogP contribution is -2.53. The van der Waals surface area contributed by atoms with Crippen LogP contribution >= 0.6 is 0 Å². The molecular formula is C33H56FN7O5S. The van der Waals surface area contributed by atoms with E-state index in [9.17, 15) is 27.3 Å². The van der Waals surface area contributed by atoms with Gasteiger partial charge in [-0.1, -0.05) is 24.8 Å². The Balaban J connectivity index is 0.000000474. The highest BCUT2D eigenvalue weighted by atomic mass is 32.2. The van der Waals surface area contributed by atoms with Crippen LogP contribution in [0.25, 0.3) is 12.2 Å². The summed E-state index contributed by atoms with van der Waals surface area (Å²) in [6.45, 7) is 20.7. The van der Waals surface area contributed by atoms with Gasteiger partial charge >= 0.3 is 6.03 Å². The SMILES string of the molecule is C=C/C=c1\c(=C/C)cc(C(=O)NCCC=C)c(=O)n1C(C)C.CC(C)N(F)CCN(CCN1CCN(C(=O)N(C)C)CC1)S(C)(=O)=O. The van der Waals surface area contributed by atoms with Gasteiger partial charge in [0, 0.05) is 85.1 Å². The first-order valence-electron chi connectivity index (χ1n) is 16.0. The van der Waals surface area contributed by atoms with E-state index in [-0.39, 0.29) is 48.2 Å². The zero-order chi connectivity index (χ0) is 35.9. The molecule has 14 heteroatoms.